The quantitative estimate of drug-likeness (QED) is 0.658. The molecule has 0 aliphatic heterocycles. The Kier molecular flexibility index (Phi) is 6.94. The zero-order chi connectivity index (χ0) is 15.0. The Hall–Kier alpha value is -1.15. The molecule has 0 aromatic heterocycles. The van der Waals surface area contributed by atoms with E-state index in [0.29, 0.717) is 12.4 Å². The van der Waals surface area contributed by atoms with E-state index in [1.165, 1.54) is 12.1 Å². The predicted octanol–water partition coefficient (Wildman–Crippen LogP) is 0.761. The molecular weight excluding hydrogens is 282 g/mol. The van der Waals surface area contributed by atoms with Gasteiger partial charge in [-0.3, -0.25) is 0 Å². The van der Waals surface area contributed by atoms with Crippen LogP contribution in [0, 0.1) is 0 Å². The normalized spacial score (nSPS) is 11.8. The minimum absolute atomic E-state index is 0.0717. The SMILES string of the molecule is CC(C)OCCNS(=O)(=O)c1ccc(OCCO)cc1. The van der Waals surface area contributed by atoms with Gasteiger partial charge in [0.1, 0.15) is 12.4 Å². The van der Waals surface area contributed by atoms with E-state index in [1.807, 2.05) is 13.8 Å². The summed E-state index contributed by atoms with van der Waals surface area (Å²) in [5, 5.41) is 8.63. The van der Waals surface area contributed by atoms with Gasteiger partial charge < -0.3 is 14.6 Å². The fourth-order valence-corrected chi connectivity index (χ4v) is 2.45. The lowest BCUT2D eigenvalue weighted by Crippen LogP contribution is -2.28. The highest BCUT2D eigenvalue weighted by molar-refractivity contribution is 7.89. The van der Waals surface area contributed by atoms with Crippen molar-refractivity contribution in [3.8, 4) is 5.75 Å². The van der Waals surface area contributed by atoms with Crippen molar-refractivity contribution in [3.05, 3.63) is 24.3 Å². The molecule has 0 amide bonds. The van der Waals surface area contributed by atoms with Crippen molar-refractivity contribution in [1.82, 2.24) is 4.72 Å². The number of ether oxygens (including phenoxy) is 2. The number of hydrogen-bond donors (Lipinski definition) is 2. The molecule has 7 heteroatoms. The Morgan fingerprint density at radius 3 is 2.40 bits per heavy atom. The average Bonchev–Trinajstić information content (AvgIpc) is 2.42. The Morgan fingerprint density at radius 1 is 1.20 bits per heavy atom. The van der Waals surface area contributed by atoms with Crippen molar-refractivity contribution in [2.45, 2.75) is 24.8 Å². The Morgan fingerprint density at radius 2 is 1.85 bits per heavy atom. The largest absolute Gasteiger partial charge is 0.491 e. The van der Waals surface area contributed by atoms with Gasteiger partial charge in [-0.2, -0.15) is 0 Å². The molecule has 0 fully saturated rings. The second kappa shape index (κ2) is 8.21. The number of aliphatic hydroxyl groups excluding tert-OH is 1. The zero-order valence-corrected chi connectivity index (χ0v) is 12.5. The van der Waals surface area contributed by atoms with E-state index in [1.54, 1.807) is 12.1 Å². The first-order chi connectivity index (χ1) is 9.45. The van der Waals surface area contributed by atoms with Crippen molar-refractivity contribution in [2.75, 3.05) is 26.4 Å². The Labute approximate surface area is 119 Å². The number of aliphatic hydroxyl groups is 1. The van der Waals surface area contributed by atoms with E-state index < -0.39 is 10.0 Å². The molecule has 0 unspecified atom stereocenters. The fourth-order valence-electron chi connectivity index (χ4n) is 1.43. The number of rotatable bonds is 9. The van der Waals surface area contributed by atoms with E-state index in [4.69, 9.17) is 14.6 Å². The van der Waals surface area contributed by atoms with E-state index in [-0.39, 0.29) is 30.8 Å². The first-order valence-electron chi connectivity index (χ1n) is 6.40. The molecule has 6 nitrogen and oxygen atoms in total. The van der Waals surface area contributed by atoms with E-state index in [2.05, 4.69) is 4.72 Å². The minimum Gasteiger partial charge on any atom is -0.491 e. The molecule has 0 bridgehead atoms. The third kappa shape index (κ3) is 5.87. The third-order valence-electron chi connectivity index (χ3n) is 2.34. The summed E-state index contributed by atoms with van der Waals surface area (Å²) in [6, 6.07) is 6.01. The van der Waals surface area contributed by atoms with Gasteiger partial charge in [0, 0.05) is 6.54 Å². The van der Waals surface area contributed by atoms with Crippen LogP contribution < -0.4 is 9.46 Å². The topological polar surface area (TPSA) is 84.9 Å². The van der Waals surface area contributed by atoms with Crippen LogP contribution in [-0.2, 0) is 14.8 Å². The van der Waals surface area contributed by atoms with Crippen LogP contribution in [0.2, 0.25) is 0 Å². The molecular formula is C13H21NO5S. The van der Waals surface area contributed by atoms with Gasteiger partial charge in [0.2, 0.25) is 10.0 Å². The standard InChI is InChI=1S/C13H21NO5S/c1-11(2)18-9-7-14-20(16,17)13-5-3-12(4-6-13)19-10-8-15/h3-6,11,14-15H,7-10H2,1-2H3. The molecule has 0 spiro atoms. The summed E-state index contributed by atoms with van der Waals surface area (Å²) in [5.74, 6) is 0.515. The van der Waals surface area contributed by atoms with E-state index in [0.717, 1.165) is 0 Å². The lowest BCUT2D eigenvalue weighted by Gasteiger charge is -2.10. The van der Waals surface area contributed by atoms with Gasteiger partial charge in [0.15, 0.2) is 0 Å². The molecule has 0 heterocycles. The average molecular weight is 303 g/mol. The molecule has 0 radical (unpaired) electrons. The van der Waals surface area contributed by atoms with Gasteiger partial charge in [0.25, 0.3) is 0 Å². The number of benzene rings is 1. The van der Waals surface area contributed by atoms with Crippen molar-refractivity contribution in [1.29, 1.82) is 0 Å². The molecule has 1 rings (SSSR count). The van der Waals surface area contributed by atoms with Crippen LogP contribution in [0.5, 0.6) is 5.75 Å². The zero-order valence-electron chi connectivity index (χ0n) is 11.7. The lowest BCUT2D eigenvalue weighted by molar-refractivity contribution is 0.0834. The first-order valence-corrected chi connectivity index (χ1v) is 7.89. The monoisotopic (exact) mass is 303 g/mol. The van der Waals surface area contributed by atoms with Gasteiger partial charge in [-0.05, 0) is 38.1 Å². The summed E-state index contributed by atoms with van der Waals surface area (Å²) in [6.07, 6.45) is 0.0717. The Balaban J connectivity index is 2.54. The first kappa shape index (κ1) is 16.9. The van der Waals surface area contributed by atoms with Crippen molar-refractivity contribution in [3.63, 3.8) is 0 Å². The molecule has 0 saturated heterocycles. The van der Waals surface area contributed by atoms with Gasteiger partial charge in [-0.1, -0.05) is 0 Å². The predicted molar refractivity (Wildman–Crippen MR) is 75.3 cm³/mol. The third-order valence-corrected chi connectivity index (χ3v) is 3.82. The molecule has 0 aliphatic carbocycles. The molecule has 1 aromatic rings. The molecule has 0 atom stereocenters. The lowest BCUT2D eigenvalue weighted by atomic mass is 10.3. The molecule has 20 heavy (non-hydrogen) atoms. The molecule has 0 saturated carbocycles. The summed E-state index contributed by atoms with van der Waals surface area (Å²) < 4.78 is 36.8. The van der Waals surface area contributed by atoms with E-state index in [9.17, 15) is 8.42 Å². The molecule has 0 aliphatic rings. The van der Waals surface area contributed by atoms with Crippen LogP contribution in [0.25, 0.3) is 0 Å². The highest BCUT2D eigenvalue weighted by Gasteiger charge is 2.13. The van der Waals surface area contributed by atoms with Crippen LogP contribution in [0.1, 0.15) is 13.8 Å². The maximum atomic E-state index is 12.0. The fraction of sp³-hybridized carbons (Fsp3) is 0.538. The number of nitrogens with one attached hydrogen (secondary N) is 1. The van der Waals surface area contributed by atoms with Gasteiger partial charge >= 0.3 is 0 Å². The summed E-state index contributed by atoms with van der Waals surface area (Å²) in [7, 11) is -3.53. The number of sulfonamides is 1. The van der Waals surface area contributed by atoms with Crippen LogP contribution in [0.15, 0.2) is 29.2 Å². The van der Waals surface area contributed by atoms with Crippen LogP contribution in [0.3, 0.4) is 0 Å². The molecule has 2 N–H and O–H groups in total. The van der Waals surface area contributed by atoms with Crippen LogP contribution in [-0.4, -0.2) is 46.0 Å². The maximum Gasteiger partial charge on any atom is 0.240 e. The van der Waals surface area contributed by atoms with Gasteiger partial charge in [-0.15, -0.1) is 0 Å². The van der Waals surface area contributed by atoms with Crippen molar-refractivity contribution >= 4 is 10.0 Å². The number of hydrogen-bond acceptors (Lipinski definition) is 5. The summed E-state index contributed by atoms with van der Waals surface area (Å²) in [5.41, 5.74) is 0. The summed E-state index contributed by atoms with van der Waals surface area (Å²) in [6.45, 7) is 4.42. The maximum absolute atomic E-state index is 12.0. The van der Waals surface area contributed by atoms with Gasteiger partial charge in [-0.25, -0.2) is 13.1 Å². The smallest absolute Gasteiger partial charge is 0.240 e. The van der Waals surface area contributed by atoms with E-state index >= 15 is 0 Å². The second-order valence-electron chi connectivity index (χ2n) is 4.36. The molecule has 114 valence electrons. The van der Waals surface area contributed by atoms with Crippen LogP contribution >= 0.6 is 0 Å². The highest BCUT2D eigenvalue weighted by Crippen LogP contribution is 2.15. The van der Waals surface area contributed by atoms with Crippen LogP contribution in [0.4, 0.5) is 0 Å². The van der Waals surface area contributed by atoms with Crippen molar-refractivity contribution < 1.29 is 23.0 Å². The summed E-state index contributed by atoms with van der Waals surface area (Å²) in [4.78, 5) is 0.165. The van der Waals surface area contributed by atoms with Crippen molar-refractivity contribution in [2.24, 2.45) is 0 Å². The summed E-state index contributed by atoms with van der Waals surface area (Å²) >= 11 is 0. The highest BCUT2D eigenvalue weighted by atomic mass is 32.2. The second-order valence-corrected chi connectivity index (χ2v) is 6.13. The van der Waals surface area contributed by atoms with Gasteiger partial charge in [0.05, 0.1) is 24.2 Å². The Bertz CT molecular complexity index is 484. The molecule has 1 aromatic carbocycles. The minimum atomic E-state index is -3.53.